The smallest absolute Gasteiger partial charge is 0.243 e. The van der Waals surface area contributed by atoms with Gasteiger partial charge in [0.2, 0.25) is 5.91 Å². The number of hydrogen-bond donors (Lipinski definition) is 1. The summed E-state index contributed by atoms with van der Waals surface area (Å²) in [7, 11) is 8.19. The van der Waals surface area contributed by atoms with E-state index in [0.717, 1.165) is 4.48 Å². The summed E-state index contributed by atoms with van der Waals surface area (Å²) in [5.41, 5.74) is 0. The van der Waals surface area contributed by atoms with Gasteiger partial charge < -0.3 is 22.2 Å². The second-order valence-electron chi connectivity index (χ2n) is 3.83. The molecule has 4 heteroatoms. The van der Waals surface area contributed by atoms with Gasteiger partial charge in [0, 0.05) is 7.05 Å². The van der Waals surface area contributed by atoms with Crippen molar-refractivity contribution in [2.24, 2.45) is 0 Å². The predicted molar refractivity (Wildman–Crippen MR) is 57.5 cm³/mol. The molecule has 0 spiro atoms. The van der Waals surface area contributed by atoms with Gasteiger partial charge in [0.1, 0.15) is 0 Å². The van der Waals surface area contributed by atoms with E-state index in [1.165, 1.54) is 19.0 Å². The number of amides is 1. The van der Waals surface area contributed by atoms with Crippen LogP contribution in [0.5, 0.6) is 0 Å². The number of halogens is 1. The maximum absolute atomic E-state index is 9.95. The zero-order chi connectivity index (χ0) is 10.9. The van der Waals surface area contributed by atoms with Crippen LogP contribution in [-0.4, -0.2) is 45.1 Å². The molecule has 3 nitrogen and oxygen atoms in total. The van der Waals surface area contributed by atoms with Gasteiger partial charge >= 0.3 is 0 Å². The molecule has 0 saturated heterocycles. The van der Waals surface area contributed by atoms with Crippen LogP contribution >= 0.6 is 0 Å². The van der Waals surface area contributed by atoms with Crippen molar-refractivity contribution >= 4 is 5.91 Å². The molecule has 0 saturated carbocycles. The Balaban J connectivity index is -0.000000163. The lowest BCUT2D eigenvalue weighted by atomic mass is 10.4. The monoisotopic (exact) mass is 222 g/mol. The van der Waals surface area contributed by atoms with Crippen LogP contribution < -0.4 is 17.7 Å². The van der Waals surface area contributed by atoms with Gasteiger partial charge in [0.15, 0.2) is 0 Å². The van der Waals surface area contributed by atoms with E-state index in [9.17, 15) is 4.79 Å². The van der Waals surface area contributed by atoms with E-state index in [0.29, 0.717) is 0 Å². The summed E-state index contributed by atoms with van der Waals surface area (Å²) in [5, 5.41) is 2.36. The molecule has 0 aliphatic rings. The summed E-state index contributed by atoms with van der Waals surface area (Å²) in [6.07, 6.45) is 2.50. The fraction of sp³-hybridized carbons (Fsp3) is 0.700. The Morgan fingerprint density at radius 1 is 1.43 bits per heavy atom. The molecule has 0 aliphatic carbocycles. The van der Waals surface area contributed by atoms with E-state index in [-0.39, 0.29) is 18.3 Å². The highest BCUT2D eigenvalue weighted by Gasteiger charge is 2.01. The van der Waals surface area contributed by atoms with E-state index in [1.807, 2.05) is 0 Å². The zero-order valence-electron chi connectivity index (χ0n) is 9.93. The van der Waals surface area contributed by atoms with Crippen LogP contribution in [-0.2, 0) is 4.79 Å². The first-order valence-electron chi connectivity index (χ1n) is 4.52. The zero-order valence-corrected chi connectivity index (χ0v) is 10.7. The molecule has 14 heavy (non-hydrogen) atoms. The molecule has 0 unspecified atom stereocenters. The van der Waals surface area contributed by atoms with Crippen molar-refractivity contribution in [2.45, 2.75) is 13.3 Å². The van der Waals surface area contributed by atoms with Gasteiger partial charge in [0.05, 0.1) is 27.7 Å². The third-order valence-electron chi connectivity index (χ3n) is 1.33. The molecular formula is C10H23ClN2O. The van der Waals surface area contributed by atoms with Crippen molar-refractivity contribution in [1.29, 1.82) is 0 Å². The first-order valence-corrected chi connectivity index (χ1v) is 4.52. The summed E-state index contributed by atoms with van der Waals surface area (Å²) >= 11 is 0. The fourth-order valence-corrected chi connectivity index (χ4v) is 0.773. The number of likely N-dealkylation sites (N-methyl/N-ethyl adjacent to an activating group) is 1. The van der Waals surface area contributed by atoms with Crippen molar-refractivity contribution in [1.82, 2.24) is 5.32 Å². The molecule has 0 aromatic rings. The first-order chi connectivity index (χ1) is 5.87. The molecule has 0 fully saturated rings. The standard InChI is InChI=1S/C6H16N.C4H7NO.ClH/c1-5-6-7(2,3)4;1-3-4(6)5-2;/h5-6H2,1-4H3;3H,1H2,2H3,(H,5,6);1H/q+1;;/p-1. The molecule has 0 bridgehead atoms. The lowest BCUT2D eigenvalue weighted by Gasteiger charge is -2.22. The van der Waals surface area contributed by atoms with Crippen molar-refractivity contribution in [3.63, 3.8) is 0 Å². The topological polar surface area (TPSA) is 29.1 Å². The highest BCUT2D eigenvalue weighted by molar-refractivity contribution is 5.86. The maximum Gasteiger partial charge on any atom is 0.243 e. The van der Waals surface area contributed by atoms with Gasteiger partial charge in [-0.15, -0.1) is 0 Å². The minimum atomic E-state index is -0.144. The van der Waals surface area contributed by atoms with Crippen LogP contribution in [0, 0.1) is 0 Å². The van der Waals surface area contributed by atoms with Crippen LogP contribution in [0.25, 0.3) is 0 Å². The van der Waals surface area contributed by atoms with E-state index >= 15 is 0 Å². The predicted octanol–water partition coefficient (Wildman–Crippen LogP) is -1.97. The Labute approximate surface area is 94.2 Å². The van der Waals surface area contributed by atoms with Crippen molar-refractivity contribution in [3.8, 4) is 0 Å². The largest absolute Gasteiger partial charge is 1.00 e. The average molecular weight is 223 g/mol. The number of carbonyl (C=O) groups excluding carboxylic acids is 1. The molecule has 86 valence electrons. The Morgan fingerprint density at radius 2 is 1.86 bits per heavy atom. The van der Waals surface area contributed by atoms with Crippen molar-refractivity contribution in [3.05, 3.63) is 12.7 Å². The lowest BCUT2D eigenvalue weighted by molar-refractivity contribution is -0.870. The molecule has 0 radical (unpaired) electrons. The van der Waals surface area contributed by atoms with Crippen LogP contribution in [0.15, 0.2) is 12.7 Å². The first kappa shape index (κ1) is 19.1. The van der Waals surface area contributed by atoms with Gasteiger partial charge in [-0.25, -0.2) is 0 Å². The number of hydrogen-bond acceptors (Lipinski definition) is 1. The summed E-state index contributed by atoms with van der Waals surface area (Å²) in [6, 6.07) is 0. The number of quaternary nitrogens is 1. The summed E-state index contributed by atoms with van der Waals surface area (Å²) in [6.45, 7) is 6.71. The highest BCUT2D eigenvalue weighted by atomic mass is 35.5. The number of nitrogens with one attached hydrogen (secondary N) is 1. The molecule has 0 aromatic carbocycles. The second-order valence-corrected chi connectivity index (χ2v) is 3.83. The minimum Gasteiger partial charge on any atom is -1.00 e. The lowest BCUT2D eigenvalue weighted by Crippen LogP contribution is -3.00. The van der Waals surface area contributed by atoms with Gasteiger partial charge in [0.25, 0.3) is 0 Å². The van der Waals surface area contributed by atoms with Gasteiger partial charge in [-0.1, -0.05) is 13.5 Å². The Bertz CT molecular complexity index is 153. The molecular weight excluding hydrogens is 200 g/mol. The molecule has 1 N–H and O–H groups in total. The average Bonchev–Trinajstić information content (AvgIpc) is 2.02. The highest BCUT2D eigenvalue weighted by Crippen LogP contribution is 1.90. The molecule has 0 aromatic heterocycles. The van der Waals surface area contributed by atoms with Crippen LogP contribution in [0.2, 0.25) is 0 Å². The van der Waals surface area contributed by atoms with Gasteiger partial charge in [-0.05, 0) is 12.5 Å². The van der Waals surface area contributed by atoms with E-state index in [2.05, 4.69) is 40.0 Å². The molecule has 1 amide bonds. The Kier molecular flexibility index (Phi) is 14.4. The summed E-state index contributed by atoms with van der Waals surface area (Å²) in [4.78, 5) is 9.95. The van der Waals surface area contributed by atoms with Crippen molar-refractivity contribution in [2.75, 3.05) is 34.7 Å². The van der Waals surface area contributed by atoms with Gasteiger partial charge in [-0.3, -0.25) is 4.79 Å². The molecule has 0 atom stereocenters. The van der Waals surface area contributed by atoms with Gasteiger partial charge in [-0.2, -0.15) is 0 Å². The number of nitrogens with zero attached hydrogens (tertiary/aromatic N) is 1. The number of carbonyl (C=O) groups is 1. The summed E-state index contributed by atoms with van der Waals surface area (Å²) in [5.74, 6) is -0.144. The normalized spacial score (nSPS) is 8.93. The Hall–Kier alpha value is -0.540. The third kappa shape index (κ3) is 22.5. The van der Waals surface area contributed by atoms with E-state index in [4.69, 9.17) is 0 Å². The van der Waals surface area contributed by atoms with E-state index in [1.54, 1.807) is 7.05 Å². The molecule has 0 heterocycles. The second kappa shape index (κ2) is 10.5. The SMILES string of the molecule is C=CC(=O)NC.CCC[N+](C)(C)C.[Cl-]. The van der Waals surface area contributed by atoms with Crippen LogP contribution in [0.4, 0.5) is 0 Å². The quantitative estimate of drug-likeness (QED) is 0.436. The number of rotatable bonds is 3. The maximum atomic E-state index is 9.95. The van der Waals surface area contributed by atoms with Crippen LogP contribution in [0.3, 0.4) is 0 Å². The minimum absolute atomic E-state index is 0. The van der Waals surface area contributed by atoms with E-state index < -0.39 is 0 Å². The third-order valence-corrected chi connectivity index (χ3v) is 1.33. The fourth-order valence-electron chi connectivity index (χ4n) is 0.773. The Morgan fingerprint density at radius 3 is 1.86 bits per heavy atom. The molecule has 0 aliphatic heterocycles. The van der Waals surface area contributed by atoms with Crippen LogP contribution in [0.1, 0.15) is 13.3 Å². The van der Waals surface area contributed by atoms with Crippen molar-refractivity contribution < 1.29 is 21.7 Å². The molecule has 0 rings (SSSR count). The summed E-state index contributed by atoms with van der Waals surface area (Å²) < 4.78 is 1.09.